The van der Waals surface area contributed by atoms with Crippen LogP contribution in [-0.2, 0) is 4.74 Å². The summed E-state index contributed by atoms with van der Waals surface area (Å²) in [6, 6.07) is 0. The number of hydrogen-bond donors (Lipinski definition) is 0. The molecule has 1 atom stereocenters. The molecule has 0 amide bonds. The summed E-state index contributed by atoms with van der Waals surface area (Å²) in [7, 11) is 0. The first-order chi connectivity index (χ1) is 7.43. The van der Waals surface area contributed by atoms with Crippen LogP contribution in [0.25, 0.3) is 0 Å². The van der Waals surface area contributed by atoms with Crippen molar-refractivity contribution in [3.05, 3.63) is 0 Å². The van der Waals surface area contributed by atoms with E-state index in [1.54, 1.807) is 0 Å². The summed E-state index contributed by atoms with van der Waals surface area (Å²) in [5, 5.41) is 0. The predicted molar refractivity (Wildman–Crippen MR) is 66.2 cm³/mol. The Kier molecular flexibility index (Phi) is 7.99. The van der Waals surface area contributed by atoms with Crippen LogP contribution in [0.4, 0.5) is 0 Å². The van der Waals surface area contributed by atoms with Gasteiger partial charge in [-0.1, -0.05) is 71.1 Å². The minimum atomic E-state index is 0.652. The van der Waals surface area contributed by atoms with Crippen molar-refractivity contribution in [2.75, 3.05) is 6.61 Å². The van der Waals surface area contributed by atoms with Crippen LogP contribution in [0.15, 0.2) is 0 Å². The van der Waals surface area contributed by atoms with Gasteiger partial charge in [0.1, 0.15) is 0 Å². The van der Waals surface area contributed by atoms with Crippen LogP contribution in [0.5, 0.6) is 0 Å². The molecule has 1 aliphatic heterocycles. The van der Waals surface area contributed by atoms with Gasteiger partial charge in [-0.25, -0.2) is 0 Å². The van der Waals surface area contributed by atoms with Crippen molar-refractivity contribution >= 4 is 0 Å². The standard InChI is InChI=1S/C14H28O/c1-2-3-4-5-6-7-8-9-10-11-12-14-13-15-14/h14H,2-13H2,1H3/t14-/m0/s1. The lowest BCUT2D eigenvalue weighted by Gasteiger charge is -2.01. The van der Waals surface area contributed by atoms with Gasteiger partial charge in [-0.15, -0.1) is 0 Å². The van der Waals surface area contributed by atoms with Gasteiger partial charge >= 0.3 is 0 Å². The molecule has 0 unspecified atom stereocenters. The van der Waals surface area contributed by atoms with E-state index in [0.717, 1.165) is 6.61 Å². The molecule has 0 saturated carbocycles. The second-order valence-electron chi connectivity index (χ2n) is 4.93. The van der Waals surface area contributed by atoms with Crippen LogP contribution in [0.1, 0.15) is 77.6 Å². The zero-order valence-corrected chi connectivity index (χ0v) is 10.5. The number of unbranched alkanes of at least 4 members (excludes halogenated alkanes) is 9. The van der Waals surface area contributed by atoms with Crippen LogP contribution in [-0.4, -0.2) is 12.7 Å². The van der Waals surface area contributed by atoms with Crippen molar-refractivity contribution in [3.63, 3.8) is 0 Å². The number of ether oxygens (including phenoxy) is 1. The topological polar surface area (TPSA) is 12.5 Å². The van der Waals surface area contributed by atoms with E-state index in [9.17, 15) is 0 Å². The largest absolute Gasteiger partial charge is 0.373 e. The average Bonchev–Trinajstić information content (AvgIpc) is 3.05. The number of rotatable bonds is 11. The summed E-state index contributed by atoms with van der Waals surface area (Å²) in [6.45, 7) is 3.32. The van der Waals surface area contributed by atoms with Crippen molar-refractivity contribution in [2.24, 2.45) is 0 Å². The van der Waals surface area contributed by atoms with Gasteiger partial charge < -0.3 is 4.74 Å². The molecule has 15 heavy (non-hydrogen) atoms. The van der Waals surface area contributed by atoms with E-state index in [1.807, 2.05) is 0 Å². The maximum Gasteiger partial charge on any atom is 0.0810 e. The number of hydrogen-bond acceptors (Lipinski definition) is 1. The highest BCUT2D eigenvalue weighted by Crippen LogP contribution is 2.18. The Labute approximate surface area is 95.6 Å². The lowest BCUT2D eigenvalue weighted by molar-refractivity contribution is 0.387. The summed E-state index contributed by atoms with van der Waals surface area (Å²) in [4.78, 5) is 0. The zero-order valence-electron chi connectivity index (χ0n) is 10.5. The van der Waals surface area contributed by atoms with Crippen molar-refractivity contribution in [1.29, 1.82) is 0 Å². The van der Waals surface area contributed by atoms with E-state index in [-0.39, 0.29) is 0 Å². The molecule has 0 radical (unpaired) electrons. The lowest BCUT2D eigenvalue weighted by atomic mass is 10.1. The number of epoxide rings is 1. The molecule has 1 fully saturated rings. The Hall–Kier alpha value is -0.0400. The van der Waals surface area contributed by atoms with Crippen LogP contribution >= 0.6 is 0 Å². The molecule has 0 bridgehead atoms. The zero-order chi connectivity index (χ0) is 10.8. The van der Waals surface area contributed by atoms with E-state index in [4.69, 9.17) is 4.74 Å². The fourth-order valence-corrected chi connectivity index (χ4v) is 2.09. The Bertz CT molecular complexity index is 129. The molecule has 1 heterocycles. The first-order valence-corrected chi connectivity index (χ1v) is 7.05. The van der Waals surface area contributed by atoms with Gasteiger partial charge in [0, 0.05) is 0 Å². The van der Waals surface area contributed by atoms with E-state index >= 15 is 0 Å². The summed E-state index contributed by atoms with van der Waals surface area (Å²) in [6.07, 6.45) is 16.3. The van der Waals surface area contributed by atoms with E-state index in [0.29, 0.717) is 6.10 Å². The third kappa shape index (κ3) is 8.92. The molecule has 0 aromatic carbocycles. The van der Waals surface area contributed by atoms with Gasteiger partial charge in [-0.2, -0.15) is 0 Å². The van der Waals surface area contributed by atoms with Gasteiger partial charge in [0.15, 0.2) is 0 Å². The molecule has 0 spiro atoms. The highest BCUT2D eigenvalue weighted by Gasteiger charge is 2.20. The Balaban J connectivity index is 1.62. The fraction of sp³-hybridized carbons (Fsp3) is 1.00. The summed E-state index contributed by atoms with van der Waals surface area (Å²) < 4.78 is 5.19. The van der Waals surface area contributed by atoms with Crippen LogP contribution in [0.3, 0.4) is 0 Å². The molecule has 1 nitrogen and oxygen atoms in total. The molecule has 0 aromatic heterocycles. The Morgan fingerprint density at radius 1 is 0.800 bits per heavy atom. The summed E-state index contributed by atoms with van der Waals surface area (Å²) >= 11 is 0. The molecular formula is C14H28O. The predicted octanol–water partition coefficient (Wildman–Crippen LogP) is 4.70. The first kappa shape index (κ1) is 13.0. The highest BCUT2D eigenvalue weighted by atomic mass is 16.6. The minimum absolute atomic E-state index is 0.652. The van der Waals surface area contributed by atoms with Gasteiger partial charge in [0.25, 0.3) is 0 Å². The molecule has 1 aliphatic rings. The summed E-state index contributed by atoms with van der Waals surface area (Å²) in [5.74, 6) is 0. The van der Waals surface area contributed by atoms with E-state index in [2.05, 4.69) is 6.92 Å². The second-order valence-corrected chi connectivity index (χ2v) is 4.93. The van der Waals surface area contributed by atoms with E-state index < -0.39 is 0 Å². The molecule has 1 heteroatoms. The normalized spacial score (nSPS) is 19.4. The lowest BCUT2D eigenvalue weighted by Crippen LogP contribution is -1.86. The molecule has 0 N–H and O–H groups in total. The van der Waals surface area contributed by atoms with Gasteiger partial charge in [0.05, 0.1) is 12.7 Å². The molecule has 1 rings (SSSR count). The van der Waals surface area contributed by atoms with E-state index in [1.165, 1.54) is 70.6 Å². The molecular weight excluding hydrogens is 184 g/mol. The molecule has 0 aliphatic carbocycles. The second kappa shape index (κ2) is 9.21. The van der Waals surface area contributed by atoms with Crippen molar-refractivity contribution < 1.29 is 4.74 Å². The Morgan fingerprint density at radius 2 is 1.27 bits per heavy atom. The van der Waals surface area contributed by atoms with Crippen LogP contribution < -0.4 is 0 Å². The van der Waals surface area contributed by atoms with Crippen molar-refractivity contribution in [1.82, 2.24) is 0 Å². The van der Waals surface area contributed by atoms with Gasteiger partial charge in [-0.3, -0.25) is 0 Å². The average molecular weight is 212 g/mol. The van der Waals surface area contributed by atoms with Crippen LogP contribution in [0.2, 0.25) is 0 Å². The minimum Gasteiger partial charge on any atom is -0.373 e. The van der Waals surface area contributed by atoms with Crippen molar-refractivity contribution in [3.8, 4) is 0 Å². The monoisotopic (exact) mass is 212 g/mol. The third-order valence-corrected chi connectivity index (χ3v) is 3.28. The molecule has 90 valence electrons. The summed E-state index contributed by atoms with van der Waals surface area (Å²) in [5.41, 5.74) is 0. The SMILES string of the molecule is CCCCCCCCCCCC[C@H]1CO1. The van der Waals surface area contributed by atoms with Gasteiger partial charge in [0.2, 0.25) is 0 Å². The fourth-order valence-electron chi connectivity index (χ4n) is 2.09. The molecule has 1 saturated heterocycles. The quantitative estimate of drug-likeness (QED) is 0.357. The first-order valence-electron chi connectivity index (χ1n) is 7.05. The molecule has 0 aromatic rings. The highest BCUT2D eigenvalue weighted by molar-refractivity contribution is 4.68. The Morgan fingerprint density at radius 3 is 1.73 bits per heavy atom. The van der Waals surface area contributed by atoms with Crippen LogP contribution in [0, 0.1) is 0 Å². The smallest absolute Gasteiger partial charge is 0.0810 e. The maximum absolute atomic E-state index is 5.19. The third-order valence-electron chi connectivity index (χ3n) is 3.28. The van der Waals surface area contributed by atoms with Crippen molar-refractivity contribution in [2.45, 2.75) is 83.7 Å². The van der Waals surface area contributed by atoms with Gasteiger partial charge in [-0.05, 0) is 6.42 Å². The maximum atomic E-state index is 5.19.